The fraction of sp³-hybridized carbons (Fsp3) is 0.278. The van der Waals surface area contributed by atoms with Crippen LogP contribution in [0.4, 0.5) is 0 Å². The Morgan fingerprint density at radius 3 is 2.00 bits per heavy atom. The van der Waals surface area contributed by atoms with Gasteiger partial charge in [0.25, 0.3) is 14.3 Å². The van der Waals surface area contributed by atoms with Crippen molar-refractivity contribution in [2.24, 2.45) is 0 Å². The second-order valence-electron chi connectivity index (χ2n) is 6.38. The lowest BCUT2D eigenvalue weighted by molar-refractivity contribution is -0.137. The van der Waals surface area contributed by atoms with E-state index >= 15 is 0 Å². The predicted molar refractivity (Wildman–Crippen MR) is 95.5 cm³/mol. The van der Waals surface area contributed by atoms with Gasteiger partial charge in [-0.1, -0.05) is 79.7 Å². The quantitative estimate of drug-likeness (QED) is 0.790. The first kappa shape index (κ1) is 16.7. The highest BCUT2D eigenvalue weighted by Gasteiger charge is 2.37. The number of carbonyl (C=O) groups excluding carboxylic acids is 1. The number of hydrogen-bond acceptors (Lipinski definition) is 2. The van der Waals surface area contributed by atoms with Crippen LogP contribution in [0.2, 0.25) is 18.1 Å². The highest BCUT2D eigenvalue weighted by Crippen LogP contribution is 2.26. The van der Waals surface area contributed by atoms with Crippen molar-refractivity contribution in [3.8, 4) is 0 Å². The molecule has 114 valence electrons. The fourth-order valence-corrected chi connectivity index (χ4v) is 5.36. The van der Waals surface area contributed by atoms with Gasteiger partial charge in [-0.25, -0.2) is 0 Å². The molecule has 0 unspecified atom stereocenters. The Labute approximate surface area is 136 Å². The fourth-order valence-electron chi connectivity index (χ4n) is 2.19. The molecule has 0 fully saturated rings. The maximum atomic E-state index is 12.7. The standard InChI is InChI=1S/C18H22O2Si2/c1-18(2,21-15-11-7-5-8-12-15)17(19)20-22(3,4)16-13-9-6-10-14-16/h5-14H,1-4H3. The van der Waals surface area contributed by atoms with Gasteiger partial charge in [0, 0.05) is 0 Å². The molecule has 0 aliphatic heterocycles. The monoisotopic (exact) mass is 326 g/mol. The molecule has 2 aromatic carbocycles. The van der Waals surface area contributed by atoms with E-state index in [0.717, 1.165) is 5.19 Å². The van der Waals surface area contributed by atoms with E-state index in [-0.39, 0.29) is 5.97 Å². The lowest BCUT2D eigenvalue weighted by Gasteiger charge is -2.29. The van der Waals surface area contributed by atoms with Crippen LogP contribution in [-0.4, -0.2) is 23.8 Å². The summed E-state index contributed by atoms with van der Waals surface area (Å²) in [6.45, 7) is 8.08. The summed E-state index contributed by atoms with van der Waals surface area (Å²) in [4.78, 5) is 12.7. The first-order valence-electron chi connectivity index (χ1n) is 7.43. The number of hydrogen-bond donors (Lipinski definition) is 0. The Kier molecular flexibility index (Phi) is 5.03. The second-order valence-corrected chi connectivity index (χ2v) is 12.3. The van der Waals surface area contributed by atoms with E-state index < -0.39 is 13.4 Å². The molecule has 2 radical (unpaired) electrons. The summed E-state index contributed by atoms with van der Waals surface area (Å²) < 4.78 is 5.97. The summed E-state index contributed by atoms with van der Waals surface area (Å²) in [5, 5.41) is 1.83. The largest absolute Gasteiger partial charge is 0.515 e. The average Bonchev–Trinajstić information content (AvgIpc) is 2.48. The molecular weight excluding hydrogens is 304 g/mol. The highest BCUT2D eigenvalue weighted by molar-refractivity contribution is 6.85. The molecule has 0 aromatic heterocycles. The molecule has 4 heteroatoms. The third-order valence-electron chi connectivity index (χ3n) is 3.56. The van der Waals surface area contributed by atoms with Crippen molar-refractivity contribution >= 4 is 34.2 Å². The van der Waals surface area contributed by atoms with Crippen molar-refractivity contribution in [1.29, 1.82) is 0 Å². The Morgan fingerprint density at radius 1 is 0.955 bits per heavy atom. The molecule has 2 aromatic rings. The number of rotatable bonds is 5. The summed E-state index contributed by atoms with van der Waals surface area (Å²) in [6, 6.07) is 20.2. The van der Waals surface area contributed by atoms with Gasteiger partial charge in [0.1, 0.15) is 9.52 Å². The van der Waals surface area contributed by atoms with Crippen LogP contribution in [0.1, 0.15) is 13.8 Å². The van der Waals surface area contributed by atoms with Crippen LogP contribution in [0.25, 0.3) is 0 Å². The third kappa shape index (κ3) is 4.18. The summed E-state index contributed by atoms with van der Waals surface area (Å²) in [5.41, 5.74) is 0. The average molecular weight is 327 g/mol. The molecule has 0 amide bonds. The van der Waals surface area contributed by atoms with Crippen LogP contribution in [0.5, 0.6) is 0 Å². The zero-order valence-electron chi connectivity index (χ0n) is 13.6. The first-order valence-corrected chi connectivity index (χ1v) is 11.3. The third-order valence-corrected chi connectivity index (χ3v) is 7.43. The minimum Gasteiger partial charge on any atom is -0.515 e. The second kappa shape index (κ2) is 6.63. The van der Waals surface area contributed by atoms with E-state index in [1.807, 2.05) is 62.4 Å². The lowest BCUT2D eigenvalue weighted by atomic mass is 10.2. The summed E-state index contributed by atoms with van der Waals surface area (Å²) in [6.07, 6.45) is 0. The molecule has 0 atom stereocenters. The van der Waals surface area contributed by atoms with E-state index in [0.29, 0.717) is 9.52 Å². The minimum absolute atomic E-state index is 0.102. The van der Waals surface area contributed by atoms with Gasteiger partial charge in [0.15, 0.2) is 0 Å². The SMILES string of the molecule is CC(C)([Si]c1ccccc1)C(=O)O[Si](C)(C)c1ccccc1. The Bertz CT molecular complexity index is 622. The number of benzene rings is 2. The molecule has 2 nitrogen and oxygen atoms in total. The summed E-state index contributed by atoms with van der Waals surface area (Å²) in [7, 11) is -1.81. The molecule has 0 saturated heterocycles. The predicted octanol–water partition coefficient (Wildman–Crippen LogP) is 2.87. The zero-order valence-corrected chi connectivity index (χ0v) is 15.6. The van der Waals surface area contributed by atoms with Crippen LogP contribution >= 0.6 is 0 Å². The van der Waals surface area contributed by atoms with Gasteiger partial charge in [0.05, 0.1) is 5.04 Å². The lowest BCUT2D eigenvalue weighted by Crippen LogP contribution is -2.49. The molecule has 0 aliphatic rings. The van der Waals surface area contributed by atoms with Gasteiger partial charge in [0.2, 0.25) is 0 Å². The van der Waals surface area contributed by atoms with Crippen molar-refractivity contribution in [1.82, 2.24) is 0 Å². The summed E-state index contributed by atoms with van der Waals surface area (Å²) >= 11 is 0. The molecule has 22 heavy (non-hydrogen) atoms. The molecular formula is C18H22O2Si2. The van der Waals surface area contributed by atoms with E-state index in [9.17, 15) is 4.79 Å². The van der Waals surface area contributed by atoms with Crippen LogP contribution in [0.15, 0.2) is 60.7 Å². The smallest absolute Gasteiger partial charge is 0.295 e. The number of carbonyl (C=O) groups is 1. The normalized spacial score (nSPS) is 12.0. The van der Waals surface area contributed by atoms with Gasteiger partial charge < -0.3 is 4.43 Å². The minimum atomic E-state index is -2.21. The van der Waals surface area contributed by atoms with Crippen LogP contribution in [0, 0.1) is 0 Å². The van der Waals surface area contributed by atoms with Gasteiger partial charge in [-0.3, -0.25) is 4.79 Å². The maximum absolute atomic E-state index is 12.7. The van der Waals surface area contributed by atoms with Gasteiger partial charge in [-0.15, -0.1) is 0 Å². The Hall–Kier alpha value is -1.66. The van der Waals surface area contributed by atoms with Crippen molar-refractivity contribution in [3.63, 3.8) is 0 Å². The maximum Gasteiger partial charge on any atom is 0.295 e. The molecule has 0 N–H and O–H groups in total. The van der Waals surface area contributed by atoms with Gasteiger partial charge in [-0.05, 0) is 18.3 Å². The van der Waals surface area contributed by atoms with Crippen LogP contribution in [0.3, 0.4) is 0 Å². The van der Waals surface area contributed by atoms with E-state index in [1.165, 1.54) is 5.19 Å². The van der Waals surface area contributed by atoms with Gasteiger partial charge >= 0.3 is 0 Å². The molecule has 0 aliphatic carbocycles. The topological polar surface area (TPSA) is 26.3 Å². The molecule has 0 bridgehead atoms. The van der Waals surface area contributed by atoms with Crippen molar-refractivity contribution < 1.29 is 9.22 Å². The molecule has 0 saturated carbocycles. The van der Waals surface area contributed by atoms with Crippen molar-refractivity contribution in [3.05, 3.63) is 60.7 Å². The Morgan fingerprint density at radius 2 is 1.45 bits per heavy atom. The van der Waals surface area contributed by atoms with Crippen LogP contribution in [-0.2, 0) is 9.22 Å². The van der Waals surface area contributed by atoms with Gasteiger partial charge in [-0.2, -0.15) is 0 Å². The molecule has 0 heterocycles. The van der Waals surface area contributed by atoms with E-state index in [4.69, 9.17) is 4.43 Å². The first-order chi connectivity index (χ1) is 10.3. The molecule has 0 spiro atoms. The zero-order chi connectivity index (χ0) is 16.2. The van der Waals surface area contributed by atoms with Crippen molar-refractivity contribution in [2.45, 2.75) is 32.0 Å². The van der Waals surface area contributed by atoms with Crippen molar-refractivity contribution in [2.75, 3.05) is 0 Å². The summed E-state index contributed by atoms with van der Waals surface area (Å²) in [5.74, 6) is -0.102. The van der Waals surface area contributed by atoms with E-state index in [2.05, 4.69) is 25.2 Å². The molecule has 2 rings (SSSR count). The highest BCUT2D eigenvalue weighted by atomic mass is 28.4. The Balaban J connectivity index is 2.10. The van der Waals surface area contributed by atoms with Crippen LogP contribution < -0.4 is 10.4 Å². The van der Waals surface area contributed by atoms with E-state index in [1.54, 1.807) is 0 Å².